The van der Waals surface area contributed by atoms with Gasteiger partial charge in [0, 0.05) is 9.75 Å². The van der Waals surface area contributed by atoms with Crippen LogP contribution < -0.4 is 5.43 Å². The second kappa shape index (κ2) is 5.20. The fourth-order valence-corrected chi connectivity index (χ4v) is 4.60. The molecule has 0 aliphatic heterocycles. The highest BCUT2D eigenvalue weighted by molar-refractivity contribution is 7.19. The highest BCUT2D eigenvalue weighted by Gasteiger charge is 2.21. The number of hydrazone groups is 1. The van der Waals surface area contributed by atoms with Crippen LogP contribution in [0.5, 0.6) is 0 Å². The van der Waals surface area contributed by atoms with Crippen molar-refractivity contribution in [2.45, 2.75) is 26.2 Å². The molecule has 0 aromatic carbocycles. The van der Waals surface area contributed by atoms with Crippen molar-refractivity contribution in [3.05, 3.63) is 39.2 Å². The quantitative estimate of drug-likeness (QED) is 0.585. The molecule has 106 valence electrons. The minimum Gasteiger partial charge on any atom is -0.260 e. The third-order valence-corrected chi connectivity index (χ3v) is 5.89. The molecule has 4 nitrogen and oxygen atoms in total. The van der Waals surface area contributed by atoms with Gasteiger partial charge in [0.05, 0.1) is 11.1 Å². The first-order valence-corrected chi connectivity index (χ1v) is 8.62. The predicted molar refractivity (Wildman–Crippen MR) is 89.6 cm³/mol. The van der Waals surface area contributed by atoms with E-state index in [0.29, 0.717) is 0 Å². The van der Waals surface area contributed by atoms with Crippen molar-refractivity contribution in [1.29, 1.82) is 0 Å². The Balaban J connectivity index is 1.72. The molecule has 0 unspecified atom stereocenters. The molecule has 0 bridgehead atoms. The fourth-order valence-electron chi connectivity index (χ4n) is 2.69. The average Bonchev–Trinajstić information content (AvgIpc) is 3.19. The molecule has 21 heavy (non-hydrogen) atoms. The van der Waals surface area contributed by atoms with E-state index in [1.54, 1.807) is 29.0 Å². The Morgan fingerprint density at radius 2 is 2.29 bits per heavy atom. The summed E-state index contributed by atoms with van der Waals surface area (Å²) >= 11 is 3.49. The zero-order valence-corrected chi connectivity index (χ0v) is 13.2. The van der Waals surface area contributed by atoms with Crippen LogP contribution in [0.1, 0.15) is 28.7 Å². The number of nitrogens with zero attached hydrogens (tertiary/aromatic N) is 3. The molecule has 1 N–H and O–H groups in total. The van der Waals surface area contributed by atoms with Crippen molar-refractivity contribution in [3.63, 3.8) is 0 Å². The standard InChI is InChI=1S/C15H14N4S2/c1-9(11-6-3-7-20-11)18-19-14-13-10-4-2-5-12(10)21-15(13)17-8-16-14/h3,6-8H,2,4-5H2,1H3,(H,16,17,19)/b18-9-. The summed E-state index contributed by atoms with van der Waals surface area (Å²) in [5.41, 5.74) is 5.54. The second-order valence-corrected chi connectivity index (χ2v) is 7.08. The summed E-state index contributed by atoms with van der Waals surface area (Å²) < 4.78 is 0. The summed E-state index contributed by atoms with van der Waals surface area (Å²) in [6.07, 6.45) is 5.16. The number of aryl methyl sites for hydroxylation is 2. The Morgan fingerprint density at radius 1 is 1.33 bits per heavy atom. The van der Waals surface area contributed by atoms with Gasteiger partial charge in [-0.1, -0.05) is 6.07 Å². The Hall–Kier alpha value is -1.79. The topological polar surface area (TPSA) is 50.2 Å². The average molecular weight is 314 g/mol. The minimum absolute atomic E-state index is 0.829. The van der Waals surface area contributed by atoms with E-state index in [2.05, 4.69) is 31.9 Å². The summed E-state index contributed by atoms with van der Waals surface area (Å²) in [6.45, 7) is 2.01. The molecule has 0 spiro atoms. The van der Waals surface area contributed by atoms with Gasteiger partial charge in [-0.25, -0.2) is 9.97 Å². The van der Waals surface area contributed by atoms with Crippen molar-refractivity contribution in [3.8, 4) is 0 Å². The van der Waals surface area contributed by atoms with E-state index in [4.69, 9.17) is 0 Å². The van der Waals surface area contributed by atoms with Gasteiger partial charge in [-0.2, -0.15) is 5.10 Å². The maximum Gasteiger partial charge on any atom is 0.158 e. The molecule has 6 heteroatoms. The van der Waals surface area contributed by atoms with Crippen molar-refractivity contribution in [1.82, 2.24) is 9.97 Å². The van der Waals surface area contributed by atoms with Crippen LogP contribution in [0.15, 0.2) is 28.9 Å². The van der Waals surface area contributed by atoms with Crippen LogP contribution in [0.2, 0.25) is 0 Å². The molecule has 0 fully saturated rings. The van der Waals surface area contributed by atoms with Crippen LogP contribution in [0.4, 0.5) is 5.82 Å². The molecular formula is C15H14N4S2. The lowest BCUT2D eigenvalue weighted by Gasteiger charge is -2.04. The lowest BCUT2D eigenvalue weighted by Crippen LogP contribution is -2.00. The lowest BCUT2D eigenvalue weighted by atomic mass is 10.2. The third kappa shape index (κ3) is 2.24. The number of anilines is 1. The Bertz CT molecular complexity index is 818. The molecule has 0 amide bonds. The van der Waals surface area contributed by atoms with Gasteiger partial charge in [0.25, 0.3) is 0 Å². The van der Waals surface area contributed by atoms with E-state index >= 15 is 0 Å². The maximum absolute atomic E-state index is 4.48. The first kappa shape index (κ1) is 12.9. The van der Waals surface area contributed by atoms with E-state index in [-0.39, 0.29) is 0 Å². The van der Waals surface area contributed by atoms with Crippen LogP contribution >= 0.6 is 22.7 Å². The van der Waals surface area contributed by atoms with Gasteiger partial charge < -0.3 is 0 Å². The molecule has 3 aromatic heterocycles. The molecule has 0 saturated carbocycles. The molecule has 3 aromatic rings. The minimum atomic E-state index is 0.829. The number of fused-ring (bicyclic) bond motifs is 3. The molecule has 0 radical (unpaired) electrons. The normalized spacial score (nSPS) is 14.6. The molecule has 1 aliphatic rings. The smallest absolute Gasteiger partial charge is 0.158 e. The molecule has 1 aliphatic carbocycles. The summed E-state index contributed by atoms with van der Waals surface area (Å²) in [5.74, 6) is 0.829. The Morgan fingerprint density at radius 3 is 3.14 bits per heavy atom. The summed E-state index contributed by atoms with van der Waals surface area (Å²) in [5, 5.41) is 7.71. The zero-order valence-electron chi connectivity index (χ0n) is 11.6. The van der Waals surface area contributed by atoms with Crippen molar-refractivity contribution in [2.75, 3.05) is 5.43 Å². The maximum atomic E-state index is 4.48. The second-order valence-electron chi connectivity index (χ2n) is 5.05. The third-order valence-electron chi connectivity index (χ3n) is 3.71. The van der Waals surface area contributed by atoms with Crippen LogP contribution in [0.25, 0.3) is 10.2 Å². The van der Waals surface area contributed by atoms with Gasteiger partial charge in [-0.3, -0.25) is 5.43 Å². The van der Waals surface area contributed by atoms with Crippen molar-refractivity contribution < 1.29 is 0 Å². The SMILES string of the molecule is C/C(=N/Nc1ncnc2sc3c(c12)CCC3)c1cccs1. The molecule has 0 saturated heterocycles. The van der Waals surface area contributed by atoms with Gasteiger partial charge >= 0.3 is 0 Å². The molecule has 3 heterocycles. The van der Waals surface area contributed by atoms with E-state index in [1.807, 2.05) is 13.0 Å². The summed E-state index contributed by atoms with van der Waals surface area (Å²) in [7, 11) is 0. The van der Waals surface area contributed by atoms with Crippen molar-refractivity contribution in [2.24, 2.45) is 5.10 Å². The van der Waals surface area contributed by atoms with E-state index < -0.39 is 0 Å². The van der Waals surface area contributed by atoms with Gasteiger partial charge in [0.2, 0.25) is 0 Å². The van der Waals surface area contributed by atoms with Crippen molar-refractivity contribution >= 4 is 44.4 Å². The number of hydrogen-bond donors (Lipinski definition) is 1. The van der Waals surface area contributed by atoms with E-state index in [9.17, 15) is 0 Å². The highest BCUT2D eigenvalue weighted by atomic mass is 32.1. The van der Waals surface area contributed by atoms with Gasteiger partial charge in [0.15, 0.2) is 5.82 Å². The van der Waals surface area contributed by atoms with Crippen LogP contribution in [0.3, 0.4) is 0 Å². The monoisotopic (exact) mass is 314 g/mol. The first-order chi connectivity index (χ1) is 10.3. The molecular weight excluding hydrogens is 300 g/mol. The van der Waals surface area contributed by atoms with Crippen LogP contribution in [0, 0.1) is 0 Å². The predicted octanol–water partition coefficient (Wildman–Crippen LogP) is 4.08. The van der Waals surface area contributed by atoms with E-state index in [0.717, 1.165) is 28.2 Å². The lowest BCUT2D eigenvalue weighted by molar-refractivity contribution is 0.917. The van der Waals surface area contributed by atoms with Crippen LogP contribution in [-0.4, -0.2) is 15.7 Å². The number of rotatable bonds is 3. The summed E-state index contributed by atoms with van der Waals surface area (Å²) in [4.78, 5) is 12.5. The zero-order chi connectivity index (χ0) is 14.2. The molecule has 4 rings (SSSR count). The molecule has 0 atom stereocenters. The number of aromatic nitrogens is 2. The van der Waals surface area contributed by atoms with Crippen LogP contribution in [-0.2, 0) is 12.8 Å². The van der Waals surface area contributed by atoms with E-state index in [1.165, 1.54) is 28.2 Å². The number of nitrogens with one attached hydrogen (secondary N) is 1. The highest BCUT2D eigenvalue weighted by Crippen LogP contribution is 2.38. The van der Waals surface area contributed by atoms with Gasteiger partial charge in [-0.05, 0) is 43.2 Å². The number of hydrogen-bond acceptors (Lipinski definition) is 6. The largest absolute Gasteiger partial charge is 0.260 e. The van der Waals surface area contributed by atoms with Gasteiger partial charge in [-0.15, -0.1) is 22.7 Å². The fraction of sp³-hybridized carbons (Fsp3) is 0.267. The summed E-state index contributed by atoms with van der Waals surface area (Å²) in [6, 6.07) is 4.11. The Labute approximate surface area is 130 Å². The number of thiophene rings is 2. The Kier molecular flexibility index (Phi) is 3.20. The van der Waals surface area contributed by atoms with Gasteiger partial charge in [0.1, 0.15) is 11.2 Å². The first-order valence-electron chi connectivity index (χ1n) is 6.92.